The molecule has 1 aromatic heterocycles. The van der Waals surface area contributed by atoms with Crippen molar-refractivity contribution in [3.05, 3.63) is 48.5 Å². The van der Waals surface area contributed by atoms with E-state index < -0.39 is 0 Å². The molecule has 1 heterocycles. The Morgan fingerprint density at radius 2 is 1.90 bits per heavy atom. The Hall–Kier alpha value is -1.67. The maximum absolute atomic E-state index is 4.80. The number of benzene rings is 1. The molecule has 0 saturated carbocycles. The van der Waals surface area contributed by atoms with Gasteiger partial charge in [-0.05, 0) is 37.0 Å². The summed E-state index contributed by atoms with van der Waals surface area (Å²) in [4.78, 5) is 6.07. The summed E-state index contributed by atoms with van der Waals surface area (Å²) in [6.45, 7) is 10.7. The van der Waals surface area contributed by atoms with Crippen molar-refractivity contribution in [3.63, 3.8) is 0 Å². The first kappa shape index (κ1) is 15.7. The van der Waals surface area contributed by atoms with Gasteiger partial charge in [0.05, 0.1) is 0 Å². The highest BCUT2D eigenvalue weighted by atomic mass is 32.1. The molecule has 1 aromatic carbocycles. The molecule has 0 amide bonds. The minimum Gasteiger partial charge on any atom is -0.247 e. The summed E-state index contributed by atoms with van der Waals surface area (Å²) < 4.78 is 0. The van der Waals surface area contributed by atoms with Crippen molar-refractivity contribution in [1.29, 1.82) is 0 Å². The average molecular weight is 297 g/mol. The number of thiophene rings is 1. The molecule has 110 valence electrons. The van der Waals surface area contributed by atoms with Gasteiger partial charge >= 0.3 is 0 Å². The van der Waals surface area contributed by atoms with E-state index >= 15 is 0 Å². The molecule has 2 aromatic rings. The zero-order valence-electron chi connectivity index (χ0n) is 13.1. The van der Waals surface area contributed by atoms with E-state index in [1.165, 1.54) is 27.3 Å². The maximum atomic E-state index is 4.80. The van der Waals surface area contributed by atoms with Crippen molar-refractivity contribution in [2.75, 3.05) is 0 Å². The van der Waals surface area contributed by atoms with Crippen LogP contribution in [0.1, 0.15) is 45.6 Å². The summed E-state index contributed by atoms with van der Waals surface area (Å²) in [5.41, 5.74) is 4.83. The van der Waals surface area contributed by atoms with Crippen molar-refractivity contribution >= 4 is 27.6 Å². The second kappa shape index (κ2) is 7.37. The van der Waals surface area contributed by atoms with Gasteiger partial charge in [-0.15, -0.1) is 11.3 Å². The number of allylic oxidation sites excluding steroid dienone is 1. The van der Waals surface area contributed by atoms with Gasteiger partial charge in [0.25, 0.3) is 0 Å². The summed E-state index contributed by atoms with van der Waals surface area (Å²) in [6.07, 6.45) is 3.13. The van der Waals surface area contributed by atoms with Crippen molar-refractivity contribution in [2.24, 2.45) is 4.99 Å². The second-order valence-corrected chi connectivity index (χ2v) is 6.28. The van der Waals surface area contributed by atoms with Gasteiger partial charge in [-0.2, -0.15) is 0 Å². The van der Waals surface area contributed by atoms with E-state index in [2.05, 4.69) is 57.7 Å². The average Bonchev–Trinajstić information content (AvgIpc) is 2.92. The van der Waals surface area contributed by atoms with Gasteiger partial charge in [0.15, 0.2) is 0 Å². The highest BCUT2D eigenvalue weighted by Crippen LogP contribution is 2.41. The predicted molar refractivity (Wildman–Crippen MR) is 96.8 cm³/mol. The molecular weight excluding hydrogens is 274 g/mol. The van der Waals surface area contributed by atoms with E-state index in [4.69, 9.17) is 4.99 Å². The zero-order valence-corrected chi connectivity index (χ0v) is 14.0. The van der Waals surface area contributed by atoms with Crippen LogP contribution >= 0.6 is 11.3 Å². The molecule has 0 N–H and O–H groups in total. The quantitative estimate of drug-likeness (QED) is 0.524. The van der Waals surface area contributed by atoms with Crippen LogP contribution in [-0.4, -0.2) is 5.71 Å². The predicted octanol–water partition coefficient (Wildman–Crippen LogP) is 6.73. The van der Waals surface area contributed by atoms with Gasteiger partial charge in [0, 0.05) is 16.2 Å². The second-order valence-electron chi connectivity index (χ2n) is 5.25. The monoisotopic (exact) mass is 297 g/mol. The van der Waals surface area contributed by atoms with E-state index in [0.717, 1.165) is 24.3 Å². The summed E-state index contributed by atoms with van der Waals surface area (Å²) in [5.74, 6) is 0. The molecule has 0 saturated heterocycles. The molecule has 2 rings (SSSR count). The Morgan fingerprint density at radius 1 is 1.19 bits per heavy atom. The van der Waals surface area contributed by atoms with Crippen LogP contribution in [0, 0.1) is 0 Å². The fourth-order valence-corrected chi connectivity index (χ4v) is 3.31. The molecule has 0 aliphatic carbocycles. The minimum atomic E-state index is 0.984. The van der Waals surface area contributed by atoms with Crippen LogP contribution in [-0.2, 0) is 0 Å². The third kappa shape index (κ3) is 3.92. The van der Waals surface area contributed by atoms with Crippen molar-refractivity contribution in [3.8, 4) is 10.4 Å². The maximum Gasteiger partial charge on any atom is 0.123 e. The van der Waals surface area contributed by atoms with Gasteiger partial charge in [-0.1, -0.05) is 57.2 Å². The summed E-state index contributed by atoms with van der Waals surface area (Å²) in [7, 11) is 0. The molecule has 0 spiro atoms. The van der Waals surface area contributed by atoms with Crippen LogP contribution in [0.4, 0.5) is 5.00 Å². The van der Waals surface area contributed by atoms with Crippen molar-refractivity contribution in [1.82, 2.24) is 0 Å². The first-order valence-electron chi connectivity index (χ1n) is 7.57. The number of nitrogens with zero attached hydrogens (tertiary/aromatic N) is 1. The van der Waals surface area contributed by atoms with Crippen molar-refractivity contribution < 1.29 is 0 Å². The Morgan fingerprint density at radius 3 is 2.52 bits per heavy atom. The molecule has 0 fully saturated rings. The van der Waals surface area contributed by atoms with Crippen molar-refractivity contribution in [2.45, 2.75) is 40.0 Å². The minimum absolute atomic E-state index is 0.984. The highest BCUT2D eigenvalue weighted by molar-refractivity contribution is 7.19. The molecule has 21 heavy (non-hydrogen) atoms. The molecule has 0 aliphatic rings. The van der Waals surface area contributed by atoms with Crippen LogP contribution in [0.15, 0.2) is 48.0 Å². The van der Waals surface area contributed by atoms with Gasteiger partial charge < -0.3 is 0 Å². The van der Waals surface area contributed by atoms with Gasteiger partial charge in [-0.25, -0.2) is 4.99 Å². The lowest BCUT2D eigenvalue weighted by molar-refractivity contribution is 0.976. The lowest BCUT2D eigenvalue weighted by Crippen LogP contribution is -1.86. The smallest absolute Gasteiger partial charge is 0.123 e. The fraction of sp³-hybridized carbons (Fsp3) is 0.316. The summed E-state index contributed by atoms with van der Waals surface area (Å²) >= 11 is 1.76. The fourth-order valence-electron chi connectivity index (χ4n) is 2.15. The van der Waals surface area contributed by atoms with Gasteiger partial charge in [0.1, 0.15) is 5.00 Å². The molecule has 0 unspecified atom stereocenters. The van der Waals surface area contributed by atoms with E-state index in [9.17, 15) is 0 Å². The normalized spacial score (nSPS) is 11.7. The van der Waals surface area contributed by atoms with Crippen LogP contribution in [0.5, 0.6) is 0 Å². The molecule has 0 aliphatic heterocycles. The number of aliphatic imine (C=N–C) groups is 1. The van der Waals surface area contributed by atoms with E-state index in [1.54, 1.807) is 11.3 Å². The van der Waals surface area contributed by atoms with Crippen LogP contribution in [0.2, 0.25) is 0 Å². The largest absolute Gasteiger partial charge is 0.247 e. The van der Waals surface area contributed by atoms with E-state index in [1.807, 2.05) is 6.07 Å². The molecule has 2 heteroatoms. The lowest BCUT2D eigenvalue weighted by atomic mass is 10.0. The van der Waals surface area contributed by atoms with Gasteiger partial charge in [-0.3, -0.25) is 0 Å². The Bertz CT molecular complexity index is 635. The topological polar surface area (TPSA) is 12.4 Å². The molecule has 1 nitrogen and oxygen atoms in total. The molecule has 0 atom stereocenters. The first-order chi connectivity index (χ1) is 10.2. The number of rotatable bonds is 6. The highest BCUT2D eigenvalue weighted by Gasteiger charge is 2.12. The molecular formula is C19H23NS. The van der Waals surface area contributed by atoms with E-state index in [0.29, 0.717) is 0 Å². The Kier molecular flexibility index (Phi) is 5.51. The van der Waals surface area contributed by atoms with Gasteiger partial charge in [0.2, 0.25) is 0 Å². The SMILES string of the molecule is C=C(CCC)c1cc(-c2ccccc2)sc1/N=C(/C)CC. The van der Waals surface area contributed by atoms with Crippen LogP contribution in [0.25, 0.3) is 16.0 Å². The molecule has 0 radical (unpaired) electrons. The lowest BCUT2D eigenvalue weighted by Gasteiger charge is -2.03. The Labute approximate surface area is 132 Å². The zero-order chi connectivity index (χ0) is 15.2. The van der Waals surface area contributed by atoms with E-state index in [-0.39, 0.29) is 0 Å². The Balaban J connectivity index is 2.47. The number of hydrogen-bond donors (Lipinski definition) is 0. The summed E-state index contributed by atoms with van der Waals surface area (Å²) in [5, 5.41) is 1.10. The number of hydrogen-bond acceptors (Lipinski definition) is 2. The first-order valence-corrected chi connectivity index (χ1v) is 8.38. The molecule has 0 bridgehead atoms. The van der Waals surface area contributed by atoms with Crippen LogP contribution in [0.3, 0.4) is 0 Å². The van der Waals surface area contributed by atoms with Crippen LogP contribution < -0.4 is 0 Å². The third-order valence-electron chi connectivity index (χ3n) is 3.51. The summed E-state index contributed by atoms with van der Waals surface area (Å²) in [6, 6.07) is 12.8. The standard InChI is InChI=1S/C19H23NS/c1-5-10-14(3)17-13-18(16-11-8-7-9-12-16)21-19(17)20-15(4)6-2/h7-9,11-13H,3,5-6,10H2,1-2,4H3/b20-15-. The third-order valence-corrected chi connectivity index (χ3v) is 4.59.